The van der Waals surface area contributed by atoms with Crippen molar-refractivity contribution < 1.29 is 30.8 Å². The fourth-order valence-corrected chi connectivity index (χ4v) is 5.00. The van der Waals surface area contributed by atoms with E-state index in [0.717, 1.165) is 5.56 Å². The smallest absolute Gasteiger partial charge is 0.455 e. The van der Waals surface area contributed by atoms with Crippen LogP contribution in [0.3, 0.4) is 0 Å². The normalized spacial score (nSPS) is 12.3. The van der Waals surface area contributed by atoms with Gasteiger partial charge in [-0.1, -0.05) is 29.8 Å². The average molecular weight is 592 g/mol. The third kappa shape index (κ3) is 4.62. The molecule has 0 radical (unpaired) electrons. The van der Waals surface area contributed by atoms with E-state index in [0.29, 0.717) is 21.3 Å². The summed E-state index contributed by atoms with van der Waals surface area (Å²) in [5, 5.41) is 0.552. The van der Waals surface area contributed by atoms with E-state index in [4.69, 9.17) is 21.8 Å². The molecular weight excluding hydrogens is 577 g/mol. The Labute approximate surface area is 210 Å². The van der Waals surface area contributed by atoms with E-state index in [1.54, 1.807) is 34.4 Å². The fraction of sp³-hybridized carbons (Fsp3) is 0.143. The molecule has 0 saturated heterocycles. The lowest BCUT2D eigenvalue weighted by Crippen LogP contribution is -2.30. The Morgan fingerprint density at radius 1 is 1.26 bits per heavy atom. The van der Waals surface area contributed by atoms with Gasteiger partial charge in [0.15, 0.2) is 10.9 Å². The molecule has 0 saturated carbocycles. The number of benzene rings is 2. The number of carbonyl (C=O) groups excluding carboxylic acids is 1. The number of imidazole rings is 1. The van der Waals surface area contributed by atoms with Gasteiger partial charge in [0.2, 0.25) is 0 Å². The lowest BCUT2D eigenvalue weighted by atomic mass is 10.1. The van der Waals surface area contributed by atoms with E-state index in [2.05, 4.69) is 20.9 Å². The number of fused-ring (bicyclic) bond motifs is 1. The molecule has 2 aromatic heterocycles. The van der Waals surface area contributed by atoms with Gasteiger partial charge in [0.1, 0.15) is 17.1 Å². The second-order valence-electron chi connectivity index (χ2n) is 7.42. The van der Waals surface area contributed by atoms with Crippen molar-refractivity contribution in [3.63, 3.8) is 0 Å². The van der Waals surface area contributed by atoms with Crippen molar-refractivity contribution in [1.82, 2.24) is 9.55 Å². The maximum Gasteiger partial charge on any atom is 0.516 e. The molecule has 1 amide bonds. The number of primary amides is 1. The molecule has 4 rings (SSSR count). The predicted octanol–water partition coefficient (Wildman–Crippen LogP) is 5.43. The number of para-hydroxylation sites is 1. The Kier molecular flexibility index (Phi) is 6.36. The van der Waals surface area contributed by atoms with Crippen molar-refractivity contribution in [2.75, 3.05) is 4.72 Å². The van der Waals surface area contributed by atoms with Crippen LogP contribution in [0.25, 0.3) is 22.3 Å². The van der Waals surface area contributed by atoms with Crippen LogP contribution in [0.5, 0.6) is 0 Å². The third-order valence-corrected chi connectivity index (χ3v) is 7.25. The highest BCUT2D eigenvalue weighted by Crippen LogP contribution is 2.42. The van der Waals surface area contributed by atoms with Gasteiger partial charge in [-0.3, -0.25) is 9.52 Å². The molecule has 184 valence electrons. The summed E-state index contributed by atoms with van der Waals surface area (Å²) in [5.74, 6) is -0.139. The van der Waals surface area contributed by atoms with E-state index in [1.807, 2.05) is 0 Å². The summed E-state index contributed by atoms with van der Waals surface area (Å²) < 4.78 is 71.4. The molecule has 0 aliphatic carbocycles. The molecule has 2 aromatic carbocycles. The number of aromatic nitrogens is 2. The molecule has 35 heavy (non-hydrogen) atoms. The van der Waals surface area contributed by atoms with Gasteiger partial charge in [-0.2, -0.15) is 21.6 Å². The summed E-state index contributed by atoms with van der Waals surface area (Å²) in [5.41, 5.74) is 0.890. The number of sulfonamides is 1. The number of halogens is 5. The summed E-state index contributed by atoms with van der Waals surface area (Å²) >= 11 is 9.43. The Hall–Kier alpha value is -3.03. The highest BCUT2D eigenvalue weighted by molar-refractivity contribution is 9.10. The number of nitrogens with two attached hydrogens (primary N) is 1. The van der Waals surface area contributed by atoms with Crippen LogP contribution >= 0.6 is 27.5 Å². The van der Waals surface area contributed by atoms with Crippen LogP contribution in [0, 0.1) is 6.92 Å². The van der Waals surface area contributed by atoms with E-state index in [-0.39, 0.29) is 34.4 Å². The SMILES string of the molecule is Cc1nc(Cl)c(C(N)=O)n1Cc1ccc2oc(-c3ccccc3NS(=O)(=O)C(F)(F)F)c(Br)c2c1. The lowest BCUT2D eigenvalue weighted by Gasteiger charge is -2.13. The number of alkyl halides is 3. The van der Waals surface area contributed by atoms with Gasteiger partial charge in [-0.15, -0.1) is 0 Å². The number of furan rings is 1. The maximum absolute atomic E-state index is 12.9. The Balaban J connectivity index is 1.77. The number of nitrogens with one attached hydrogen (secondary N) is 1. The number of hydrogen-bond donors (Lipinski definition) is 2. The summed E-state index contributed by atoms with van der Waals surface area (Å²) in [6, 6.07) is 10.6. The molecule has 8 nitrogen and oxygen atoms in total. The first-order valence-electron chi connectivity index (χ1n) is 9.72. The van der Waals surface area contributed by atoms with Gasteiger partial charge in [0, 0.05) is 17.5 Å². The summed E-state index contributed by atoms with van der Waals surface area (Å²) in [6.45, 7) is 1.87. The van der Waals surface area contributed by atoms with E-state index in [1.165, 1.54) is 24.3 Å². The largest absolute Gasteiger partial charge is 0.516 e. The zero-order valence-corrected chi connectivity index (χ0v) is 20.8. The number of rotatable bonds is 6. The summed E-state index contributed by atoms with van der Waals surface area (Å²) in [7, 11) is -5.64. The van der Waals surface area contributed by atoms with Crippen molar-refractivity contribution in [2.45, 2.75) is 19.0 Å². The summed E-state index contributed by atoms with van der Waals surface area (Å²) in [6.07, 6.45) is 0. The monoisotopic (exact) mass is 590 g/mol. The molecule has 2 heterocycles. The van der Waals surface area contributed by atoms with Crippen molar-refractivity contribution in [2.24, 2.45) is 5.73 Å². The van der Waals surface area contributed by atoms with E-state index in [9.17, 15) is 26.4 Å². The van der Waals surface area contributed by atoms with Gasteiger partial charge < -0.3 is 14.7 Å². The standard InChI is InChI=1S/C21H15BrClF3N4O4S/c1-10-28-19(23)17(20(27)31)30(10)9-11-6-7-15-13(8-11)16(22)18(34-15)12-4-2-3-5-14(12)29-35(32,33)21(24,25)26/h2-8,29H,9H2,1H3,(H2,27,31). The first-order chi connectivity index (χ1) is 16.3. The van der Waals surface area contributed by atoms with Crippen molar-refractivity contribution >= 4 is 60.1 Å². The van der Waals surface area contributed by atoms with Crippen LogP contribution in [-0.4, -0.2) is 29.4 Å². The molecular formula is C21H15BrClF3N4O4S. The number of amides is 1. The molecule has 0 unspecified atom stereocenters. The molecule has 0 spiro atoms. The van der Waals surface area contributed by atoms with Crippen LogP contribution in [0.1, 0.15) is 21.9 Å². The first kappa shape index (κ1) is 25.1. The topological polar surface area (TPSA) is 120 Å². The minimum Gasteiger partial charge on any atom is -0.455 e. The lowest BCUT2D eigenvalue weighted by molar-refractivity contribution is -0.0429. The van der Waals surface area contributed by atoms with Gasteiger partial charge in [0.25, 0.3) is 5.91 Å². The van der Waals surface area contributed by atoms with Crippen molar-refractivity contribution in [3.05, 3.63) is 69.2 Å². The minimum atomic E-state index is -5.64. The van der Waals surface area contributed by atoms with Crippen molar-refractivity contribution in [3.8, 4) is 11.3 Å². The molecule has 0 aliphatic rings. The number of hydrogen-bond acceptors (Lipinski definition) is 5. The van der Waals surface area contributed by atoms with Crippen LogP contribution in [0.2, 0.25) is 5.15 Å². The Bertz CT molecular complexity index is 1580. The van der Waals surface area contributed by atoms with Gasteiger partial charge in [-0.25, -0.2) is 4.98 Å². The van der Waals surface area contributed by atoms with E-state index < -0.39 is 21.4 Å². The zero-order chi connectivity index (χ0) is 25.7. The van der Waals surface area contributed by atoms with Crippen molar-refractivity contribution in [1.29, 1.82) is 0 Å². The van der Waals surface area contributed by atoms with Crippen LogP contribution < -0.4 is 10.5 Å². The predicted molar refractivity (Wildman–Crippen MR) is 128 cm³/mol. The van der Waals surface area contributed by atoms with Gasteiger partial charge >= 0.3 is 15.5 Å². The Morgan fingerprint density at radius 3 is 2.60 bits per heavy atom. The number of anilines is 1. The van der Waals surface area contributed by atoms with Gasteiger partial charge in [-0.05, 0) is 52.7 Å². The maximum atomic E-state index is 12.9. The second kappa shape index (κ2) is 8.88. The van der Waals surface area contributed by atoms with Crippen LogP contribution in [-0.2, 0) is 16.6 Å². The molecule has 0 fully saturated rings. The molecule has 14 heteroatoms. The molecule has 0 aliphatic heterocycles. The number of aryl methyl sites for hydroxylation is 1. The summed E-state index contributed by atoms with van der Waals surface area (Å²) in [4.78, 5) is 15.9. The molecule has 0 bridgehead atoms. The van der Waals surface area contributed by atoms with E-state index >= 15 is 0 Å². The average Bonchev–Trinajstić information content (AvgIpc) is 3.23. The quantitative estimate of drug-likeness (QED) is 0.310. The van der Waals surface area contributed by atoms with Gasteiger partial charge in [0.05, 0.1) is 10.2 Å². The Morgan fingerprint density at radius 2 is 1.94 bits per heavy atom. The molecule has 0 atom stereocenters. The highest BCUT2D eigenvalue weighted by atomic mass is 79.9. The highest BCUT2D eigenvalue weighted by Gasteiger charge is 2.46. The molecule has 3 N–H and O–H groups in total. The zero-order valence-electron chi connectivity index (χ0n) is 17.7. The minimum absolute atomic E-state index is 0.0132. The fourth-order valence-electron chi connectivity index (χ4n) is 3.50. The third-order valence-electron chi connectivity index (χ3n) is 5.10. The first-order valence-corrected chi connectivity index (χ1v) is 12.4. The number of carbonyl (C=O) groups is 1. The molecule has 4 aromatic rings. The number of nitrogens with zero attached hydrogens (tertiary/aromatic N) is 2. The van der Waals surface area contributed by atoms with Crippen LogP contribution in [0.4, 0.5) is 18.9 Å². The van der Waals surface area contributed by atoms with Crippen LogP contribution in [0.15, 0.2) is 51.4 Å². The second-order valence-corrected chi connectivity index (χ2v) is 10.2.